The molecule has 158 valence electrons. The average molecular weight is 440 g/mol. The van der Waals surface area contributed by atoms with Gasteiger partial charge in [-0.15, -0.1) is 10.2 Å². The zero-order valence-corrected chi connectivity index (χ0v) is 17.3. The summed E-state index contributed by atoms with van der Waals surface area (Å²) in [5.74, 6) is 1.91. The predicted octanol–water partition coefficient (Wildman–Crippen LogP) is 5.23. The second kappa shape index (κ2) is 9.57. The van der Waals surface area contributed by atoms with Gasteiger partial charge in [-0.3, -0.25) is 9.55 Å². The third-order valence-corrected chi connectivity index (χ3v) is 5.43. The first-order valence-electron chi connectivity index (χ1n) is 9.31. The van der Waals surface area contributed by atoms with Crippen LogP contribution in [0.1, 0.15) is 5.56 Å². The number of ether oxygens (including phenoxy) is 2. The molecule has 0 bridgehead atoms. The van der Waals surface area contributed by atoms with Crippen LogP contribution in [-0.2, 0) is 5.75 Å². The minimum absolute atomic E-state index is 0.148. The highest BCUT2D eigenvalue weighted by Gasteiger charge is 2.17. The van der Waals surface area contributed by atoms with Crippen LogP contribution in [0, 0.1) is 0 Å². The number of halogens is 2. The molecule has 4 aromatic rings. The monoisotopic (exact) mass is 440 g/mol. The number of hydrogen-bond acceptors (Lipinski definition) is 6. The van der Waals surface area contributed by atoms with Gasteiger partial charge in [0.15, 0.2) is 11.0 Å². The molecule has 0 radical (unpaired) electrons. The van der Waals surface area contributed by atoms with Gasteiger partial charge in [0.25, 0.3) is 0 Å². The third kappa shape index (κ3) is 4.83. The summed E-state index contributed by atoms with van der Waals surface area (Å²) >= 11 is 1.38. The predicted molar refractivity (Wildman–Crippen MR) is 114 cm³/mol. The number of hydrogen-bond donors (Lipinski definition) is 0. The Morgan fingerprint density at radius 1 is 0.968 bits per heavy atom. The smallest absolute Gasteiger partial charge is 0.387 e. The highest BCUT2D eigenvalue weighted by Crippen LogP contribution is 2.32. The third-order valence-electron chi connectivity index (χ3n) is 4.45. The zero-order chi connectivity index (χ0) is 21.6. The van der Waals surface area contributed by atoms with Crippen molar-refractivity contribution in [1.82, 2.24) is 19.7 Å². The minimum Gasteiger partial charge on any atom is -0.497 e. The van der Waals surface area contributed by atoms with Gasteiger partial charge in [0.1, 0.15) is 11.5 Å². The normalized spacial score (nSPS) is 11.0. The average Bonchev–Trinajstić information content (AvgIpc) is 3.23. The van der Waals surface area contributed by atoms with Gasteiger partial charge in [-0.05, 0) is 42.5 Å². The van der Waals surface area contributed by atoms with Crippen molar-refractivity contribution in [3.05, 3.63) is 78.6 Å². The number of benzene rings is 2. The van der Waals surface area contributed by atoms with E-state index in [0.717, 1.165) is 17.0 Å². The van der Waals surface area contributed by atoms with Crippen molar-refractivity contribution in [2.75, 3.05) is 7.11 Å². The van der Waals surface area contributed by atoms with Crippen LogP contribution < -0.4 is 9.47 Å². The molecule has 2 aromatic carbocycles. The number of pyridine rings is 1. The van der Waals surface area contributed by atoms with Crippen LogP contribution in [0.25, 0.3) is 17.1 Å². The van der Waals surface area contributed by atoms with Gasteiger partial charge in [0.05, 0.1) is 7.11 Å². The number of para-hydroxylation sites is 1. The van der Waals surface area contributed by atoms with Crippen molar-refractivity contribution in [3.8, 4) is 28.6 Å². The van der Waals surface area contributed by atoms with Crippen LogP contribution in [0.5, 0.6) is 11.5 Å². The van der Waals surface area contributed by atoms with E-state index in [9.17, 15) is 8.78 Å². The van der Waals surface area contributed by atoms with Crippen LogP contribution in [0.15, 0.2) is 78.2 Å². The number of rotatable bonds is 8. The summed E-state index contributed by atoms with van der Waals surface area (Å²) in [5.41, 5.74) is 2.34. The molecule has 31 heavy (non-hydrogen) atoms. The van der Waals surface area contributed by atoms with E-state index in [2.05, 4.69) is 19.9 Å². The van der Waals surface area contributed by atoms with Crippen LogP contribution in [-0.4, -0.2) is 33.5 Å². The maximum absolute atomic E-state index is 12.7. The van der Waals surface area contributed by atoms with Gasteiger partial charge in [-0.1, -0.05) is 30.0 Å². The summed E-state index contributed by atoms with van der Waals surface area (Å²) in [4.78, 5) is 4.06. The largest absolute Gasteiger partial charge is 0.497 e. The molecule has 0 saturated heterocycles. The topological polar surface area (TPSA) is 62.1 Å². The molecule has 2 aromatic heterocycles. The first-order valence-corrected chi connectivity index (χ1v) is 10.3. The molecule has 0 saturated carbocycles. The summed E-state index contributed by atoms with van der Waals surface area (Å²) in [6.07, 6.45) is 3.38. The Labute approximate surface area is 181 Å². The van der Waals surface area contributed by atoms with Crippen LogP contribution in [0.3, 0.4) is 0 Å². The van der Waals surface area contributed by atoms with E-state index in [0.29, 0.717) is 22.3 Å². The lowest BCUT2D eigenvalue weighted by Crippen LogP contribution is -2.04. The van der Waals surface area contributed by atoms with Gasteiger partial charge in [-0.2, -0.15) is 8.78 Å². The minimum atomic E-state index is -2.88. The van der Waals surface area contributed by atoms with Gasteiger partial charge in [0, 0.05) is 35.0 Å². The Morgan fingerprint density at radius 2 is 1.71 bits per heavy atom. The number of alkyl halides is 2. The molecule has 0 fully saturated rings. The fourth-order valence-electron chi connectivity index (χ4n) is 2.99. The highest BCUT2D eigenvalue weighted by molar-refractivity contribution is 7.98. The van der Waals surface area contributed by atoms with Crippen molar-refractivity contribution in [2.45, 2.75) is 17.5 Å². The summed E-state index contributed by atoms with van der Waals surface area (Å²) in [6.45, 7) is -2.88. The summed E-state index contributed by atoms with van der Waals surface area (Å²) in [5, 5.41) is 9.34. The number of methoxy groups -OCH3 is 1. The Kier molecular flexibility index (Phi) is 6.42. The molecule has 0 aliphatic rings. The lowest BCUT2D eigenvalue weighted by atomic mass is 10.2. The molecule has 2 heterocycles. The van der Waals surface area contributed by atoms with Crippen molar-refractivity contribution in [2.24, 2.45) is 0 Å². The van der Waals surface area contributed by atoms with E-state index in [1.165, 1.54) is 17.8 Å². The maximum atomic E-state index is 12.7. The van der Waals surface area contributed by atoms with Crippen molar-refractivity contribution >= 4 is 11.8 Å². The Balaban J connectivity index is 1.69. The van der Waals surface area contributed by atoms with Gasteiger partial charge in [-0.25, -0.2) is 0 Å². The van der Waals surface area contributed by atoms with E-state index in [1.807, 2.05) is 41.0 Å². The quantitative estimate of drug-likeness (QED) is 0.350. The summed E-state index contributed by atoms with van der Waals surface area (Å²) in [6, 6.07) is 17.9. The first kappa shape index (κ1) is 20.8. The molecule has 0 aliphatic heterocycles. The second-order valence-corrected chi connectivity index (χ2v) is 7.29. The molecule has 4 rings (SSSR count). The van der Waals surface area contributed by atoms with Crippen LogP contribution in [0.2, 0.25) is 0 Å². The Bertz CT molecular complexity index is 1140. The van der Waals surface area contributed by atoms with Gasteiger partial charge in [0.2, 0.25) is 0 Å². The molecule has 0 N–H and O–H groups in total. The molecular weight excluding hydrogens is 422 g/mol. The highest BCUT2D eigenvalue weighted by atomic mass is 32.2. The summed E-state index contributed by atoms with van der Waals surface area (Å²) < 4.78 is 37.3. The maximum Gasteiger partial charge on any atom is 0.387 e. The summed E-state index contributed by atoms with van der Waals surface area (Å²) in [7, 11) is 1.61. The Hall–Kier alpha value is -3.46. The lowest BCUT2D eigenvalue weighted by molar-refractivity contribution is -0.0503. The standard InChI is InChI=1S/C22H18F2N4O2S/c1-29-18-8-6-17(7-9-18)28-20(15-10-12-25-13-11-15)26-27-22(28)31-14-16-4-2-3-5-19(16)30-21(23)24/h2-13,21H,14H2,1H3. The molecule has 0 unspecified atom stereocenters. The van der Waals surface area contributed by atoms with Gasteiger partial charge < -0.3 is 9.47 Å². The second-order valence-electron chi connectivity index (χ2n) is 6.35. The van der Waals surface area contributed by atoms with E-state index in [4.69, 9.17) is 4.74 Å². The van der Waals surface area contributed by atoms with E-state index in [1.54, 1.807) is 37.7 Å². The molecule has 0 atom stereocenters. The fraction of sp³-hybridized carbons (Fsp3) is 0.136. The van der Waals surface area contributed by atoms with Crippen LogP contribution >= 0.6 is 11.8 Å². The molecule has 6 nitrogen and oxygen atoms in total. The van der Waals surface area contributed by atoms with Crippen molar-refractivity contribution in [3.63, 3.8) is 0 Å². The molecule has 9 heteroatoms. The van der Waals surface area contributed by atoms with Crippen molar-refractivity contribution in [1.29, 1.82) is 0 Å². The number of aromatic nitrogens is 4. The number of nitrogens with zero attached hydrogens (tertiary/aromatic N) is 4. The van der Waals surface area contributed by atoms with E-state index < -0.39 is 6.61 Å². The molecule has 0 spiro atoms. The molecule has 0 amide bonds. The fourth-order valence-corrected chi connectivity index (χ4v) is 3.93. The van der Waals surface area contributed by atoms with Gasteiger partial charge >= 0.3 is 6.61 Å². The zero-order valence-electron chi connectivity index (χ0n) is 16.5. The number of thioether (sulfide) groups is 1. The van der Waals surface area contributed by atoms with Crippen LogP contribution in [0.4, 0.5) is 8.78 Å². The lowest BCUT2D eigenvalue weighted by Gasteiger charge is -2.12. The molecule has 0 aliphatic carbocycles. The van der Waals surface area contributed by atoms with E-state index in [-0.39, 0.29) is 5.75 Å². The Morgan fingerprint density at radius 3 is 2.42 bits per heavy atom. The van der Waals surface area contributed by atoms with E-state index >= 15 is 0 Å². The first-order chi connectivity index (χ1) is 15.2. The SMILES string of the molecule is COc1ccc(-n2c(SCc3ccccc3OC(F)F)nnc2-c2ccncc2)cc1. The van der Waals surface area contributed by atoms with Crippen molar-refractivity contribution < 1.29 is 18.3 Å². The molecular formula is C22H18F2N4O2S.